The van der Waals surface area contributed by atoms with Gasteiger partial charge in [0.1, 0.15) is 22.5 Å². The highest BCUT2D eigenvalue weighted by Crippen LogP contribution is 2.34. The lowest BCUT2D eigenvalue weighted by atomic mass is 10.3. The predicted molar refractivity (Wildman–Crippen MR) is 107 cm³/mol. The number of guanidine groups is 1. The van der Waals surface area contributed by atoms with Crippen LogP contribution >= 0.6 is 22.7 Å². The van der Waals surface area contributed by atoms with Crippen LogP contribution in [0.25, 0.3) is 20.4 Å². The van der Waals surface area contributed by atoms with Crippen molar-refractivity contribution in [1.29, 1.82) is 0 Å². The van der Waals surface area contributed by atoms with Crippen LogP contribution in [-0.2, 0) is 0 Å². The SMILES string of the molecule is COc1cccc2sc(N=C(N)Nc3nc4c(OC)cccc4s3)nc12. The molecular weight excluding hydrogens is 370 g/mol. The first-order chi connectivity index (χ1) is 12.7. The Labute approximate surface area is 157 Å². The van der Waals surface area contributed by atoms with Crippen molar-refractivity contribution >= 4 is 59.3 Å². The molecule has 0 aliphatic heterocycles. The topological polar surface area (TPSA) is 94.7 Å². The molecule has 2 aromatic heterocycles. The number of hydrogen-bond donors (Lipinski definition) is 2. The fraction of sp³-hybridized carbons (Fsp3) is 0.118. The summed E-state index contributed by atoms with van der Waals surface area (Å²) in [6.07, 6.45) is 0. The van der Waals surface area contributed by atoms with Crippen LogP contribution in [0.4, 0.5) is 10.3 Å². The van der Waals surface area contributed by atoms with Crippen LogP contribution in [0.3, 0.4) is 0 Å². The van der Waals surface area contributed by atoms with Crippen LogP contribution < -0.4 is 20.5 Å². The number of para-hydroxylation sites is 2. The summed E-state index contributed by atoms with van der Waals surface area (Å²) in [5.74, 6) is 1.66. The third-order valence-electron chi connectivity index (χ3n) is 3.64. The number of aromatic nitrogens is 2. The zero-order chi connectivity index (χ0) is 18.1. The van der Waals surface area contributed by atoms with Gasteiger partial charge in [-0.3, -0.25) is 0 Å². The lowest BCUT2D eigenvalue weighted by Crippen LogP contribution is -2.21. The number of methoxy groups -OCH3 is 2. The van der Waals surface area contributed by atoms with Crippen LogP contribution in [0.2, 0.25) is 0 Å². The fourth-order valence-corrected chi connectivity index (χ4v) is 4.26. The van der Waals surface area contributed by atoms with E-state index >= 15 is 0 Å². The third kappa shape index (κ3) is 3.02. The van der Waals surface area contributed by atoms with E-state index in [1.165, 1.54) is 22.7 Å². The number of rotatable bonds is 4. The van der Waals surface area contributed by atoms with Crippen molar-refractivity contribution in [2.45, 2.75) is 0 Å². The fourth-order valence-electron chi connectivity index (χ4n) is 2.51. The van der Waals surface area contributed by atoms with E-state index in [1.807, 2.05) is 36.4 Å². The Hall–Kier alpha value is -2.91. The standard InChI is InChI=1S/C17H15N5O2S2/c1-23-9-5-3-7-11-13(9)19-16(25-11)21-15(18)22-17-20-14-10(24-2)6-4-8-12(14)26-17/h3-8H,1-2H3,(H3,18,19,20,21,22). The number of aliphatic imine (C=N–C) groups is 1. The monoisotopic (exact) mass is 385 g/mol. The van der Waals surface area contributed by atoms with E-state index < -0.39 is 0 Å². The largest absolute Gasteiger partial charge is 0.494 e. The van der Waals surface area contributed by atoms with Gasteiger partial charge in [-0.1, -0.05) is 34.8 Å². The predicted octanol–water partition coefficient (Wildman–Crippen LogP) is 3.98. The summed E-state index contributed by atoms with van der Waals surface area (Å²) >= 11 is 2.92. The Balaban J connectivity index is 1.63. The molecule has 132 valence electrons. The first-order valence-corrected chi connectivity index (χ1v) is 9.29. The number of fused-ring (bicyclic) bond motifs is 2. The van der Waals surface area contributed by atoms with Crippen molar-refractivity contribution in [3.8, 4) is 11.5 Å². The maximum atomic E-state index is 6.03. The van der Waals surface area contributed by atoms with Gasteiger partial charge in [-0.15, -0.1) is 0 Å². The summed E-state index contributed by atoms with van der Waals surface area (Å²) in [6, 6.07) is 11.5. The van der Waals surface area contributed by atoms with E-state index in [0.29, 0.717) is 16.0 Å². The number of nitrogens with one attached hydrogen (secondary N) is 1. The van der Waals surface area contributed by atoms with Crippen molar-refractivity contribution in [2.24, 2.45) is 10.7 Å². The first kappa shape index (κ1) is 16.6. The molecule has 2 heterocycles. The molecule has 4 rings (SSSR count). The van der Waals surface area contributed by atoms with Gasteiger partial charge in [0.15, 0.2) is 5.13 Å². The van der Waals surface area contributed by atoms with Crippen molar-refractivity contribution in [1.82, 2.24) is 9.97 Å². The molecule has 0 bridgehead atoms. The number of nitrogens with zero attached hydrogens (tertiary/aromatic N) is 3. The Bertz CT molecular complexity index is 1120. The minimum atomic E-state index is 0.223. The van der Waals surface area contributed by atoms with Gasteiger partial charge >= 0.3 is 0 Å². The van der Waals surface area contributed by atoms with Gasteiger partial charge in [0.2, 0.25) is 11.1 Å². The van der Waals surface area contributed by atoms with Gasteiger partial charge in [0, 0.05) is 0 Å². The van der Waals surface area contributed by atoms with E-state index in [4.69, 9.17) is 15.2 Å². The second kappa shape index (κ2) is 6.77. The summed E-state index contributed by atoms with van der Waals surface area (Å²) in [6.45, 7) is 0. The molecule has 0 aliphatic rings. The van der Waals surface area contributed by atoms with Gasteiger partial charge in [0.25, 0.3) is 0 Å². The van der Waals surface area contributed by atoms with Gasteiger partial charge in [0.05, 0.1) is 23.6 Å². The van der Waals surface area contributed by atoms with Crippen LogP contribution in [-0.4, -0.2) is 30.1 Å². The lowest BCUT2D eigenvalue weighted by molar-refractivity contribution is 0.419. The molecule has 9 heteroatoms. The van der Waals surface area contributed by atoms with E-state index in [1.54, 1.807) is 14.2 Å². The summed E-state index contributed by atoms with van der Waals surface area (Å²) in [5, 5.41) is 4.21. The number of ether oxygens (including phenoxy) is 2. The van der Waals surface area contributed by atoms with Crippen LogP contribution in [0.1, 0.15) is 0 Å². The maximum absolute atomic E-state index is 6.03. The highest BCUT2D eigenvalue weighted by Gasteiger charge is 2.11. The minimum absolute atomic E-state index is 0.223. The van der Waals surface area contributed by atoms with Crippen LogP contribution in [0.5, 0.6) is 11.5 Å². The second-order valence-corrected chi connectivity index (χ2v) is 7.29. The van der Waals surface area contributed by atoms with Gasteiger partial charge < -0.3 is 20.5 Å². The number of anilines is 1. The highest BCUT2D eigenvalue weighted by molar-refractivity contribution is 7.22. The third-order valence-corrected chi connectivity index (χ3v) is 5.49. The van der Waals surface area contributed by atoms with Crippen LogP contribution in [0, 0.1) is 0 Å². The molecule has 0 saturated carbocycles. The lowest BCUT2D eigenvalue weighted by Gasteiger charge is -1.99. The molecule has 2 aromatic carbocycles. The molecule has 0 radical (unpaired) electrons. The number of thiazole rings is 2. The van der Waals surface area contributed by atoms with Crippen molar-refractivity contribution in [3.63, 3.8) is 0 Å². The molecule has 0 atom stereocenters. The zero-order valence-corrected chi connectivity index (χ0v) is 15.6. The molecular formula is C17H15N5O2S2. The van der Waals surface area contributed by atoms with Gasteiger partial charge in [-0.2, -0.15) is 4.99 Å². The Morgan fingerprint density at radius 1 is 0.962 bits per heavy atom. The minimum Gasteiger partial charge on any atom is -0.494 e. The molecule has 3 N–H and O–H groups in total. The zero-order valence-electron chi connectivity index (χ0n) is 14.0. The van der Waals surface area contributed by atoms with Crippen molar-refractivity contribution < 1.29 is 9.47 Å². The molecule has 26 heavy (non-hydrogen) atoms. The Kier molecular flexibility index (Phi) is 4.31. The summed E-state index contributed by atoms with van der Waals surface area (Å²) < 4.78 is 12.6. The van der Waals surface area contributed by atoms with Crippen molar-refractivity contribution in [3.05, 3.63) is 36.4 Å². The molecule has 0 amide bonds. The molecule has 0 fully saturated rings. The smallest absolute Gasteiger partial charge is 0.213 e. The Morgan fingerprint density at radius 3 is 2.23 bits per heavy atom. The van der Waals surface area contributed by atoms with E-state index in [-0.39, 0.29) is 5.96 Å². The summed E-state index contributed by atoms with van der Waals surface area (Å²) in [5.41, 5.74) is 7.60. The van der Waals surface area contributed by atoms with E-state index in [0.717, 1.165) is 26.2 Å². The van der Waals surface area contributed by atoms with Gasteiger partial charge in [-0.05, 0) is 24.3 Å². The molecule has 7 nitrogen and oxygen atoms in total. The molecule has 0 spiro atoms. The Morgan fingerprint density at radius 2 is 1.58 bits per heavy atom. The number of hydrogen-bond acceptors (Lipinski definition) is 7. The number of nitrogens with two attached hydrogens (primary N) is 1. The van der Waals surface area contributed by atoms with E-state index in [2.05, 4.69) is 20.3 Å². The van der Waals surface area contributed by atoms with Gasteiger partial charge in [-0.25, -0.2) is 9.97 Å². The average Bonchev–Trinajstić information content (AvgIpc) is 3.23. The van der Waals surface area contributed by atoms with Crippen LogP contribution in [0.15, 0.2) is 41.4 Å². The first-order valence-electron chi connectivity index (χ1n) is 7.66. The molecule has 0 saturated heterocycles. The quantitative estimate of drug-likeness (QED) is 0.408. The highest BCUT2D eigenvalue weighted by atomic mass is 32.1. The maximum Gasteiger partial charge on any atom is 0.213 e. The molecule has 4 aromatic rings. The van der Waals surface area contributed by atoms with E-state index in [9.17, 15) is 0 Å². The summed E-state index contributed by atoms with van der Waals surface area (Å²) in [7, 11) is 3.24. The van der Waals surface area contributed by atoms with Crippen molar-refractivity contribution in [2.75, 3.05) is 19.5 Å². The normalized spacial score (nSPS) is 11.8. The summed E-state index contributed by atoms with van der Waals surface area (Å²) in [4.78, 5) is 13.4. The molecule has 0 unspecified atom stereocenters. The number of benzene rings is 2. The average molecular weight is 385 g/mol. The molecule has 0 aliphatic carbocycles. The second-order valence-electron chi connectivity index (χ2n) is 5.25.